The van der Waals surface area contributed by atoms with Gasteiger partial charge >= 0.3 is 5.97 Å². The van der Waals surface area contributed by atoms with Crippen molar-refractivity contribution in [1.29, 1.82) is 10.5 Å². The van der Waals surface area contributed by atoms with E-state index in [1.165, 1.54) is 30.3 Å². The quantitative estimate of drug-likeness (QED) is 0.862. The number of hydrogen-bond donors (Lipinski definition) is 1. The van der Waals surface area contributed by atoms with E-state index in [4.69, 9.17) is 26.9 Å². The van der Waals surface area contributed by atoms with Crippen molar-refractivity contribution in [2.75, 3.05) is 11.9 Å². The number of halogens is 1. The number of nitriles is 2. The summed E-state index contributed by atoms with van der Waals surface area (Å²) in [6.07, 6.45) is 0. The SMILES string of the molecule is N#Cc1cccc(C(=O)OCC(=O)Nc2ccc(C#N)c(Cl)c2)c1. The summed E-state index contributed by atoms with van der Waals surface area (Å²) in [6, 6.07) is 14.2. The lowest BCUT2D eigenvalue weighted by atomic mass is 10.1. The number of anilines is 1. The summed E-state index contributed by atoms with van der Waals surface area (Å²) in [4.78, 5) is 23.6. The van der Waals surface area contributed by atoms with E-state index in [9.17, 15) is 9.59 Å². The fourth-order valence-corrected chi connectivity index (χ4v) is 2.03. The zero-order valence-electron chi connectivity index (χ0n) is 12.2. The van der Waals surface area contributed by atoms with Crippen molar-refractivity contribution in [3.8, 4) is 12.1 Å². The summed E-state index contributed by atoms with van der Waals surface area (Å²) in [7, 11) is 0. The predicted molar refractivity (Wildman–Crippen MR) is 86.2 cm³/mol. The second-order valence-corrected chi connectivity index (χ2v) is 5.03. The molecule has 0 fully saturated rings. The fraction of sp³-hybridized carbons (Fsp3) is 0.0588. The summed E-state index contributed by atoms with van der Waals surface area (Å²) in [5, 5.41) is 20.3. The zero-order valence-corrected chi connectivity index (χ0v) is 13.0. The van der Waals surface area contributed by atoms with Gasteiger partial charge in [-0.3, -0.25) is 4.79 Å². The lowest BCUT2D eigenvalue weighted by molar-refractivity contribution is -0.119. The molecule has 1 N–H and O–H groups in total. The Hall–Kier alpha value is -3.35. The Labute approximate surface area is 142 Å². The molecule has 0 heterocycles. The van der Waals surface area contributed by atoms with Crippen LogP contribution in [0.3, 0.4) is 0 Å². The summed E-state index contributed by atoms with van der Waals surface area (Å²) < 4.78 is 4.89. The Balaban J connectivity index is 1.93. The van der Waals surface area contributed by atoms with Gasteiger partial charge in [-0.1, -0.05) is 17.7 Å². The second kappa shape index (κ2) is 7.77. The van der Waals surface area contributed by atoms with E-state index < -0.39 is 18.5 Å². The van der Waals surface area contributed by atoms with Gasteiger partial charge in [-0.25, -0.2) is 4.79 Å². The van der Waals surface area contributed by atoms with E-state index in [1.807, 2.05) is 12.1 Å². The molecule has 0 aliphatic heterocycles. The number of carbonyl (C=O) groups excluding carboxylic acids is 2. The molecule has 2 rings (SSSR count). The molecule has 0 spiro atoms. The standard InChI is InChI=1S/C17H10ClN3O3/c18-15-7-14(5-4-13(15)9-20)21-16(22)10-24-17(23)12-3-1-2-11(6-12)8-19/h1-7H,10H2,(H,21,22). The molecule has 0 radical (unpaired) electrons. The third kappa shape index (κ3) is 4.33. The topological polar surface area (TPSA) is 103 Å². The van der Waals surface area contributed by atoms with Gasteiger partial charge in [0.25, 0.3) is 5.91 Å². The molecule has 0 saturated carbocycles. The van der Waals surface area contributed by atoms with Crippen molar-refractivity contribution in [3.63, 3.8) is 0 Å². The Morgan fingerprint density at radius 3 is 2.58 bits per heavy atom. The van der Waals surface area contributed by atoms with Crippen LogP contribution >= 0.6 is 11.6 Å². The van der Waals surface area contributed by atoms with Crippen molar-refractivity contribution in [1.82, 2.24) is 0 Å². The molecular weight excluding hydrogens is 330 g/mol. The van der Waals surface area contributed by atoms with Crippen LogP contribution in [0.25, 0.3) is 0 Å². The van der Waals surface area contributed by atoms with Crippen LogP contribution in [0.4, 0.5) is 5.69 Å². The smallest absolute Gasteiger partial charge is 0.338 e. The second-order valence-electron chi connectivity index (χ2n) is 4.62. The molecule has 6 nitrogen and oxygen atoms in total. The number of esters is 1. The van der Waals surface area contributed by atoms with Gasteiger partial charge in [0.1, 0.15) is 6.07 Å². The zero-order chi connectivity index (χ0) is 17.5. The van der Waals surface area contributed by atoms with Gasteiger partial charge in [0.15, 0.2) is 6.61 Å². The minimum Gasteiger partial charge on any atom is -0.452 e. The molecule has 0 unspecified atom stereocenters. The van der Waals surface area contributed by atoms with Crippen LogP contribution in [0, 0.1) is 22.7 Å². The van der Waals surface area contributed by atoms with Crippen LogP contribution in [-0.4, -0.2) is 18.5 Å². The van der Waals surface area contributed by atoms with E-state index in [1.54, 1.807) is 12.1 Å². The summed E-state index contributed by atoms with van der Waals surface area (Å²) in [5.41, 5.74) is 1.18. The third-order valence-corrected chi connectivity index (χ3v) is 3.25. The van der Waals surface area contributed by atoms with Crippen molar-refractivity contribution in [2.45, 2.75) is 0 Å². The van der Waals surface area contributed by atoms with Crippen LogP contribution in [0.15, 0.2) is 42.5 Å². The molecule has 1 amide bonds. The van der Waals surface area contributed by atoms with Gasteiger partial charge in [-0.05, 0) is 36.4 Å². The number of nitrogens with zero attached hydrogens (tertiary/aromatic N) is 2. The van der Waals surface area contributed by atoms with E-state index in [2.05, 4.69) is 5.32 Å². The molecule has 0 aliphatic carbocycles. The van der Waals surface area contributed by atoms with Crippen molar-refractivity contribution in [2.24, 2.45) is 0 Å². The highest BCUT2D eigenvalue weighted by Crippen LogP contribution is 2.20. The van der Waals surface area contributed by atoms with Crippen molar-refractivity contribution < 1.29 is 14.3 Å². The van der Waals surface area contributed by atoms with Crippen LogP contribution in [0.2, 0.25) is 5.02 Å². The molecule has 0 bridgehead atoms. The predicted octanol–water partition coefficient (Wildman–Crippen LogP) is 2.88. The number of ether oxygens (including phenoxy) is 1. The van der Waals surface area contributed by atoms with E-state index in [0.29, 0.717) is 16.8 Å². The fourth-order valence-electron chi connectivity index (χ4n) is 1.81. The summed E-state index contributed by atoms with van der Waals surface area (Å²) >= 11 is 5.86. The lowest BCUT2D eigenvalue weighted by Crippen LogP contribution is -2.21. The maximum atomic E-state index is 11.8. The number of carbonyl (C=O) groups is 2. The summed E-state index contributed by atoms with van der Waals surface area (Å²) in [5.74, 6) is -1.26. The molecule has 118 valence electrons. The van der Waals surface area contributed by atoms with E-state index >= 15 is 0 Å². The summed E-state index contributed by atoms with van der Waals surface area (Å²) in [6.45, 7) is -0.493. The number of rotatable bonds is 4. The van der Waals surface area contributed by atoms with Crippen molar-refractivity contribution >= 4 is 29.2 Å². The van der Waals surface area contributed by atoms with E-state index in [-0.39, 0.29) is 10.6 Å². The number of benzene rings is 2. The highest BCUT2D eigenvalue weighted by atomic mass is 35.5. The minimum absolute atomic E-state index is 0.184. The van der Waals surface area contributed by atoms with Gasteiger partial charge in [-0.2, -0.15) is 10.5 Å². The van der Waals surface area contributed by atoms with Gasteiger partial charge in [0, 0.05) is 5.69 Å². The van der Waals surface area contributed by atoms with Gasteiger partial charge in [-0.15, -0.1) is 0 Å². The van der Waals surface area contributed by atoms with E-state index in [0.717, 1.165) is 0 Å². The van der Waals surface area contributed by atoms with Crippen molar-refractivity contribution in [3.05, 3.63) is 64.2 Å². The first kappa shape index (κ1) is 17.0. The maximum absolute atomic E-state index is 11.8. The lowest BCUT2D eigenvalue weighted by Gasteiger charge is -2.07. The third-order valence-electron chi connectivity index (χ3n) is 2.94. The van der Waals surface area contributed by atoms with Gasteiger partial charge in [0.05, 0.1) is 27.8 Å². The molecule has 7 heteroatoms. The van der Waals surface area contributed by atoms with Crippen LogP contribution in [0.1, 0.15) is 21.5 Å². The molecule has 0 aliphatic rings. The first-order valence-corrected chi connectivity index (χ1v) is 7.08. The monoisotopic (exact) mass is 339 g/mol. The Morgan fingerprint density at radius 2 is 1.92 bits per heavy atom. The molecule has 24 heavy (non-hydrogen) atoms. The van der Waals surface area contributed by atoms with Gasteiger partial charge in [0.2, 0.25) is 0 Å². The Bertz CT molecular complexity index is 881. The molecule has 0 atom stereocenters. The number of hydrogen-bond acceptors (Lipinski definition) is 5. The Kier molecular flexibility index (Phi) is 5.51. The Morgan fingerprint density at radius 1 is 1.12 bits per heavy atom. The molecular formula is C17H10ClN3O3. The van der Waals surface area contributed by atoms with Crippen LogP contribution in [0.5, 0.6) is 0 Å². The average Bonchev–Trinajstić information content (AvgIpc) is 2.60. The minimum atomic E-state index is -0.708. The highest BCUT2D eigenvalue weighted by Gasteiger charge is 2.11. The highest BCUT2D eigenvalue weighted by molar-refractivity contribution is 6.32. The average molecular weight is 340 g/mol. The van der Waals surface area contributed by atoms with Crippen LogP contribution in [-0.2, 0) is 9.53 Å². The largest absolute Gasteiger partial charge is 0.452 e. The molecule has 2 aromatic carbocycles. The molecule has 0 aromatic heterocycles. The van der Waals surface area contributed by atoms with Gasteiger partial charge < -0.3 is 10.1 Å². The normalized spacial score (nSPS) is 9.46. The number of amides is 1. The number of nitrogens with one attached hydrogen (secondary N) is 1. The van der Waals surface area contributed by atoms with Crippen LogP contribution < -0.4 is 5.32 Å². The molecule has 0 saturated heterocycles. The first-order valence-electron chi connectivity index (χ1n) is 6.70. The maximum Gasteiger partial charge on any atom is 0.338 e. The molecule has 2 aromatic rings. The first-order chi connectivity index (χ1) is 11.5.